The Hall–Kier alpha value is -2.89. The van der Waals surface area contributed by atoms with Crippen molar-refractivity contribution in [3.8, 4) is 11.5 Å². The molecule has 25 heavy (non-hydrogen) atoms. The van der Waals surface area contributed by atoms with E-state index >= 15 is 0 Å². The van der Waals surface area contributed by atoms with E-state index in [9.17, 15) is 4.79 Å². The number of nitrogens with zero attached hydrogens (tertiary/aromatic N) is 1. The first-order chi connectivity index (χ1) is 12.2. The number of rotatable bonds is 6. The van der Waals surface area contributed by atoms with E-state index in [1.807, 2.05) is 35.2 Å². The zero-order valence-corrected chi connectivity index (χ0v) is 14.2. The van der Waals surface area contributed by atoms with Crippen LogP contribution in [0.5, 0.6) is 11.5 Å². The largest absolute Gasteiger partial charge is 0.493 e. The molecule has 0 aliphatic heterocycles. The van der Waals surface area contributed by atoms with Gasteiger partial charge in [0.2, 0.25) is 0 Å². The third-order valence-electron chi connectivity index (χ3n) is 4.53. The summed E-state index contributed by atoms with van der Waals surface area (Å²) in [7, 11) is 3.19. The molecule has 1 aliphatic rings. The lowest BCUT2D eigenvalue weighted by Crippen LogP contribution is -2.32. The first-order valence-electron chi connectivity index (χ1n) is 8.28. The molecule has 1 fully saturated rings. The van der Waals surface area contributed by atoms with Crippen LogP contribution in [0.25, 0.3) is 10.9 Å². The molecule has 0 bridgehead atoms. The van der Waals surface area contributed by atoms with Gasteiger partial charge in [-0.1, -0.05) is 0 Å². The molecule has 0 spiro atoms. The minimum atomic E-state index is -0.0314. The molecule has 0 unspecified atom stereocenters. The number of aromatic amines is 1. The molecular weight excluding hydrogens is 320 g/mol. The Bertz CT molecular complexity index is 894. The number of ether oxygens (including phenoxy) is 2. The number of hydrogen-bond acceptors (Lipinski definition) is 4. The fourth-order valence-corrected chi connectivity index (χ4v) is 3.12. The number of furan rings is 1. The van der Waals surface area contributed by atoms with Gasteiger partial charge in [-0.2, -0.15) is 0 Å². The minimum absolute atomic E-state index is 0.0314. The van der Waals surface area contributed by atoms with Crippen molar-refractivity contribution >= 4 is 16.8 Å². The summed E-state index contributed by atoms with van der Waals surface area (Å²) in [6, 6.07) is 9.55. The van der Waals surface area contributed by atoms with Crippen LogP contribution in [-0.2, 0) is 6.54 Å². The summed E-state index contributed by atoms with van der Waals surface area (Å²) < 4.78 is 16.2. The summed E-state index contributed by atoms with van der Waals surface area (Å²) in [5.41, 5.74) is 1.38. The van der Waals surface area contributed by atoms with E-state index in [1.165, 1.54) is 0 Å². The van der Waals surface area contributed by atoms with Crippen molar-refractivity contribution in [2.75, 3.05) is 14.2 Å². The number of aromatic nitrogens is 1. The van der Waals surface area contributed by atoms with Crippen LogP contribution in [0.1, 0.15) is 29.1 Å². The third kappa shape index (κ3) is 2.84. The maximum Gasteiger partial charge on any atom is 0.270 e. The van der Waals surface area contributed by atoms with Crippen LogP contribution < -0.4 is 9.47 Å². The van der Waals surface area contributed by atoms with E-state index in [4.69, 9.17) is 13.9 Å². The first-order valence-corrected chi connectivity index (χ1v) is 8.28. The van der Waals surface area contributed by atoms with Crippen molar-refractivity contribution in [2.45, 2.75) is 25.4 Å². The molecular formula is C19H20N2O4. The Morgan fingerprint density at radius 3 is 2.76 bits per heavy atom. The zero-order valence-electron chi connectivity index (χ0n) is 14.2. The molecule has 130 valence electrons. The second-order valence-corrected chi connectivity index (χ2v) is 6.19. The Labute approximate surface area is 145 Å². The van der Waals surface area contributed by atoms with Crippen LogP contribution in [0, 0.1) is 0 Å². The molecule has 2 aromatic heterocycles. The van der Waals surface area contributed by atoms with Crippen LogP contribution in [0.4, 0.5) is 0 Å². The summed E-state index contributed by atoms with van der Waals surface area (Å²) in [4.78, 5) is 18.1. The van der Waals surface area contributed by atoms with Gasteiger partial charge < -0.3 is 23.8 Å². The number of nitrogens with one attached hydrogen (secondary N) is 1. The van der Waals surface area contributed by atoms with Gasteiger partial charge in [-0.25, -0.2) is 0 Å². The quantitative estimate of drug-likeness (QED) is 0.745. The predicted octanol–water partition coefficient (Wildman–Crippen LogP) is 3.58. The predicted molar refractivity (Wildman–Crippen MR) is 93.0 cm³/mol. The van der Waals surface area contributed by atoms with Crippen LogP contribution in [0.15, 0.2) is 41.0 Å². The highest BCUT2D eigenvalue weighted by Gasteiger charge is 2.34. The molecule has 3 aromatic rings. The SMILES string of the molecule is COc1ccc2[nH]c(C(=O)N(Cc3ccco3)C3CC3)cc2c1OC. The summed E-state index contributed by atoms with van der Waals surface area (Å²) in [6.07, 6.45) is 3.69. The maximum atomic E-state index is 13.1. The Morgan fingerprint density at radius 1 is 1.28 bits per heavy atom. The number of benzene rings is 1. The molecule has 1 aliphatic carbocycles. The van der Waals surface area contributed by atoms with Crippen molar-refractivity contribution in [3.05, 3.63) is 48.0 Å². The average molecular weight is 340 g/mol. The Balaban J connectivity index is 1.68. The maximum absolute atomic E-state index is 13.1. The second kappa shape index (κ2) is 6.20. The molecule has 1 amide bonds. The molecule has 0 atom stereocenters. The molecule has 0 saturated heterocycles. The number of amides is 1. The molecule has 1 saturated carbocycles. The monoisotopic (exact) mass is 340 g/mol. The standard InChI is InChI=1S/C19H20N2O4/c1-23-17-8-7-15-14(18(17)24-2)10-16(20-15)19(22)21(12-5-6-12)11-13-4-3-9-25-13/h3-4,7-10,12,20H,5-6,11H2,1-2H3. The van der Waals surface area contributed by atoms with Gasteiger partial charge in [-0.05, 0) is 43.2 Å². The van der Waals surface area contributed by atoms with Gasteiger partial charge in [-0.15, -0.1) is 0 Å². The highest BCUT2D eigenvalue weighted by molar-refractivity contribution is 6.00. The number of fused-ring (bicyclic) bond motifs is 1. The fraction of sp³-hybridized carbons (Fsp3) is 0.316. The molecule has 0 radical (unpaired) electrons. The van der Waals surface area contributed by atoms with E-state index < -0.39 is 0 Å². The van der Waals surface area contributed by atoms with Crippen molar-refractivity contribution in [2.24, 2.45) is 0 Å². The second-order valence-electron chi connectivity index (χ2n) is 6.19. The molecule has 1 N–H and O–H groups in total. The molecule has 4 rings (SSSR count). The fourth-order valence-electron chi connectivity index (χ4n) is 3.12. The number of H-pyrrole nitrogens is 1. The van der Waals surface area contributed by atoms with Gasteiger partial charge in [0, 0.05) is 11.4 Å². The summed E-state index contributed by atoms with van der Waals surface area (Å²) in [5, 5.41) is 0.832. The lowest BCUT2D eigenvalue weighted by Gasteiger charge is -2.20. The van der Waals surface area contributed by atoms with Crippen molar-refractivity contribution in [1.29, 1.82) is 0 Å². The molecule has 2 heterocycles. The van der Waals surface area contributed by atoms with Gasteiger partial charge in [0.15, 0.2) is 11.5 Å². The summed E-state index contributed by atoms with van der Waals surface area (Å²) in [5.74, 6) is 2.02. The van der Waals surface area contributed by atoms with Gasteiger partial charge in [0.05, 0.1) is 32.5 Å². The van der Waals surface area contributed by atoms with Crippen molar-refractivity contribution in [3.63, 3.8) is 0 Å². The van der Waals surface area contributed by atoms with Gasteiger partial charge in [0.25, 0.3) is 5.91 Å². The number of methoxy groups -OCH3 is 2. The van der Waals surface area contributed by atoms with E-state index in [2.05, 4.69) is 4.98 Å². The highest BCUT2D eigenvalue weighted by Crippen LogP contribution is 2.36. The van der Waals surface area contributed by atoms with Gasteiger partial charge in [-0.3, -0.25) is 4.79 Å². The lowest BCUT2D eigenvalue weighted by atomic mass is 10.2. The van der Waals surface area contributed by atoms with Crippen LogP contribution in [0.2, 0.25) is 0 Å². The topological polar surface area (TPSA) is 67.7 Å². The zero-order chi connectivity index (χ0) is 17.4. The van der Waals surface area contributed by atoms with Gasteiger partial charge >= 0.3 is 0 Å². The number of carbonyl (C=O) groups excluding carboxylic acids is 1. The number of carbonyl (C=O) groups is 1. The smallest absolute Gasteiger partial charge is 0.270 e. The Kier molecular flexibility index (Phi) is 3.87. The normalized spacial score (nSPS) is 13.8. The van der Waals surface area contributed by atoms with Crippen molar-refractivity contribution < 1.29 is 18.7 Å². The first kappa shape index (κ1) is 15.6. The summed E-state index contributed by atoms with van der Waals surface area (Å²) >= 11 is 0. The van der Waals surface area contributed by atoms with E-state index in [0.29, 0.717) is 23.7 Å². The lowest BCUT2D eigenvalue weighted by molar-refractivity contribution is 0.0712. The molecule has 6 nitrogen and oxygen atoms in total. The molecule has 1 aromatic carbocycles. The van der Waals surface area contributed by atoms with E-state index in [-0.39, 0.29) is 11.9 Å². The average Bonchev–Trinajstić information content (AvgIpc) is 3.17. The summed E-state index contributed by atoms with van der Waals surface area (Å²) in [6.45, 7) is 0.478. The minimum Gasteiger partial charge on any atom is -0.493 e. The van der Waals surface area contributed by atoms with Crippen LogP contribution in [0.3, 0.4) is 0 Å². The van der Waals surface area contributed by atoms with E-state index in [0.717, 1.165) is 29.5 Å². The van der Waals surface area contributed by atoms with Crippen molar-refractivity contribution in [1.82, 2.24) is 9.88 Å². The Morgan fingerprint density at radius 2 is 2.12 bits per heavy atom. The third-order valence-corrected chi connectivity index (χ3v) is 4.53. The molecule has 6 heteroatoms. The van der Waals surface area contributed by atoms with E-state index in [1.54, 1.807) is 20.5 Å². The van der Waals surface area contributed by atoms with Crippen LogP contribution >= 0.6 is 0 Å². The number of hydrogen-bond donors (Lipinski definition) is 1. The van der Waals surface area contributed by atoms with Crippen LogP contribution in [-0.4, -0.2) is 36.1 Å². The highest BCUT2D eigenvalue weighted by atomic mass is 16.5. The van der Waals surface area contributed by atoms with Gasteiger partial charge in [0.1, 0.15) is 11.5 Å².